The average molecular weight is 284 g/mol. The maximum absolute atomic E-state index is 11.0. The van der Waals surface area contributed by atoms with E-state index in [4.69, 9.17) is 16.7 Å². The van der Waals surface area contributed by atoms with Crippen LogP contribution in [0, 0.1) is 0 Å². The molecular formula is C13H18ClN3O2. The summed E-state index contributed by atoms with van der Waals surface area (Å²) >= 11 is 5.87. The number of halogens is 1. The highest BCUT2D eigenvalue weighted by Gasteiger charge is 2.23. The Labute approximate surface area is 117 Å². The minimum Gasteiger partial charge on any atom is -0.478 e. The summed E-state index contributed by atoms with van der Waals surface area (Å²) in [6.07, 6.45) is 2.37. The van der Waals surface area contributed by atoms with E-state index in [2.05, 4.69) is 16.9 Å². The van der Waals surface area contributed by atoms with Crippen molar-refractivity contribution >= 4 is 23.4 Å². The van der Waals surface area contributed by atoms with Gasteiger partial charge < -0.3 is 14.9 Å². The molecule has 1 aromatic heterocycles. The van der Waals surface area contributed by atoms with E-state index >= 15 is 0 Å². The molecule has 0 saturated carbocycles. The summed E-state index contributed by atoms with van der Waals surface area (Å²) in [4.78, 5) is 19.5. The molecule has 6 heteroatoms. The lowest BCUT2D eigenvalue weighted by atomic mass is 10.2. The first-order valence-corrected chi connectivity index (χ1v) is 6.67. The Morgan fingerprint density at radius 1 is 1.63 bits per heavy atom. The molecule has 1 atom stereocenters. The maximum Gasteiger partial charge on any atom is 0.335 e. The van der Waals surface area contributed by atoms with E-state index in [1.54, 1.807) is 6.07 Å². The number of hydrogen-bond acceptors (Lipinski definition) is 4. The highest BCUT2D eigenvalue weighted by Crippen LogP contribution is 2.21. The van der Waals surface area contributed by atoms with E-state index in [1.807, 2.05) is 11.9 Å². The molecule has 0 bridgehead atoms. The van der Waals surface area contributed by atoms with Crippen LogP contribution in [0.2, 0.25) is 5.15 Å². The van der Waals surface area contributed by atoms with Crippen LogP contribution in [-0.4, -0.2) is 54.2 Å². The molecule has 1 saturated heterocycles. The summed E-state index contributed by atoms with van der Waals surface area (Å²) in [5.41, 5.74) is 0.168. The summed E-state index contributed by atoms with van der Waals surface area (Å²) in [5.74, 6) is -0.387. The number of carboxylic acid groups (broad SMARTS) is 1. The highest BCUT2D eigenvalue weighted by molar-refractivity contribution is 6.29. The van der Waals surface area contributed by atoms with Crippen molar-refractivity contribution in [2.24, 2.45) is 0 Å². The zero-order valence-electron chi connectivity index (χ0n) is 11.1. The molecular weight excluding hydrogens is 266 g/mol. The quantitative estimate of drug-likeness (QED) is 0.856. The van der Waals surface area contributed by atoms with Crippen molar-refractivity contribution in [1.29, 1.82) is 0 Å². The Morgan fingerprint density at radius 2 is 2.37 bits per heavy atom. The zero-order chi connectivity index (χ0) is 14.0. The number of rotatable bonds is 4. The van der Waals surface area contributed by atoms with Crippen LogP contribution in [0.4, 0.5) is 5.82 Å². The Bertz CT molecular complexity index is 481. The number of likely N-dealkylation sites (tertiary alicyclic amines) is 1. The third-order valence-corrected chi connectivity index (χ3v) is 3.77. The second-order valence-electron chi connectivity index (χ2n) is 5.00. The van der Waals surface area contributed by atoms with E-state index in [9.17, 15) is 4.79 Å². The second-order valence-corrected chi connectivity index (χ2v) is 5.39. The predicted octanol–water partition coefficient (Wildman–Crippen LogP) is 1.96. The van der Waals surface area contributed by atoms with Crippen molar-refractivity contribution in [3.05, 3.63) is 22.8 Å². The van der Waals surface area contributed by atoms with Crippen LogP contribution < -0.4 is 4.90 Å². The van der Waals surface area contributed by atoms with Crippen LogP contribution in [0.3, 0.4) is 0 Å². The van der Waals surface area contributed by atoms with Gasteiger partial charge in [0.15, 0.2) is 0 Å². The number of anilines is 1. The topological polar surface area (TPSA) is 56.7 Å². The van der Waals surface area contributed by atoms with Gasteiger partial charge in [0, 0.05) is 19.6 Å². The van der Waals surface area contributed by atoms with Crippen LogP contribution in [0.5, 0.6) is 0 Å². The zero-order valence-corrected chi connectivity index (χ0v) is 11.9. The molecule has 104 valence electrons. The summed E-state index contributed by atoms with van der Waals surface area (Å²) in [6, 6.07) is 3.41. The molecule has 5 nitrogen and oxygen atoms in total. The molecule has 0 amide bonds. The third kappa shape index (κ3) is 3.36. The van der Waals surface area contributed by atoms with Crippen LogP contribution in [0.25, 0.3) is 0 Å². The number of carboxylic acids is 1. The fraction of sp³-hybridized carbons (Fsp3) is 0.538. The van der Waals surface area contributed by atoms with Crippen molar-refractivity contribution in [3.8, 4) is 0 Å². The molecule has 0 aliphatic carbocycles. The number of likely N-dealkylation sites (N-methyl/N-ethyl adjacent to an activating group) is 2. The van der Waals surface area contributed by atoms with Crippen LogP contribution in [0.15, 0.2) is 12.1 Å². The number of pyridine rings is 1. The monoisotopic (exact) mass is 283 g/mol. The van der Waals surface area contributed by atoms with Gasteiger partial charge in [-0.25, -0.2) is 9.78 Å². The Balaban J connectivity index is 2.14. The Kier molecular flexibility index (Phi) is 4.27. The van der Waals surface area contributed by atoms with Gasteiger partial charge in [-0.05, 0) is 38.6 Å². The van der Waals surface area contributed by atoms with Gasteiger partial charge in [0.2, 0.25) is 0 Å². The number of aromatic nitrogens is 1. The van der Waals surface area contributed by atoms with Crippen molar-refractivity contribution in [2.75, 3.05) is 32.1 Å². The van der Waals surface area contributed by atoms with Gasteiger partial charge in [0.25, 0.3) is 0 Å². The van der Waals surface area contributed by atoms with Crippen molar-refractivity contribution in [2.45, 2.75) is 18.9 Å². The van der Waals surface area contributed by atoms with Gasteiger partial charge in [-0.2, -0.15) is 0 Å². The summed E-state index contributed by atoms with van der Waals surface area (Å²) < 4.78 is 0. The summed E-state index contributed by atoms with van der Waals surface area (Å²) in [6.45, 7) is 1.94. The lowest BCUT2D eigenvalue weighted by Gasteiger charge is -2.26. The molecule has 1 fully saturated rings. The molecule has 1 aliphatic heterocycles. The predicted molar refractivity (Wildman–Crippen MR) is 75.1 cm³/mol. The molecule has 2 heterocycles. The molecule has 19 heavy (non-hydrogen) atoms. The number of carbonyl (C=O) groups is 1. The molecule has 0 spiro atoms. The lowest BCUT2D eigenvalue weighted by molar-refractivity contribution is 0.0697. The summed E-state index contributed by atoms with van der Waals surface area (Å²) in [7, 11) is 4.02. The molecule has 0 aromatic carbocycles. The fourth-order valence-electron chi connectivity index (χ4n) is 2.42. The molecule has 2 rings (SSSR count). The smallest absolute Gasteiger partial charge is 0.335 e. The molecule has 1 aromatic rings. The Hall–Kier alpha value is -1.33. The molecule has 1 aliphatic rings. The van der Waals surface area contributed by atoms with Gasteiger partial charge in [-0.15, -0.1) is 0 Å². The lowest BCUT2D eigenvalue weighted by Crippen LogP contribution is -2.37. The third-order valence-electron chi connectivity index (χ3n) is 3.57. The van der Waals surface area contributed by atoms with Crippen LogP contribution >= 0.6 is 11.6 Å². The van der Waals surface area contributed by atoms with Gasteiger partial charge in [-0.3, -0.25) is 0 Å². The molecule has 1 N–H and O–H groups in total. The molecule has 0 radical (unpaired) electrons. The Morgan fingerprint density at radius 3 is 2.95 bits per heavy atom. The van der Waals surface area contributed by atoms with E-state index in [-0.39, 0.29) is 10.7 Å². The fourth-order valence-corrected chi connectivity index (χ4v) is 2.63. The van der Waals surface area contributed by atoms with Crippen LogP contribution in [0.1, 0.15) is 23.2 Å². The van der Waals surface area contributed by atoms with Crippen LogP contribution in [-0.2, 0) is 0 Å². The first-order chi connectivity index (χ1) is 8.97. The van der Waals surface area contributed by atoms with Gasteiger partial charge in [0.05, 0.1) is 5.56 Å². The second kappa shape index (κ2) is 5.75. The number of hydrogen-bond donors (Lipinski definition) is 1. The maximum atomic E-state index is 11.0. The highest BCUT2D eigenvalue weighted by atomic mass is 35.5. The standard InChI is InChI=1S/C13H18ClN3O2/c1-16-5-3-4-10(16)8-17(2)12-7-9(13(18)19)6-11(14)15-12/h6-7,10H,3-5,8H2,1-2H3,(H,18,19). The van der Waals surface area contributed by atoms with E-state index < -0.39 is 5.97 Å². The van der Waals surface area contributed by atoms with Crippen molar-refractivity contribution in [1.82, 2.24) is 9.88 Å². The van der Waals surface area contributed by atoms with Gasteiger partial charge in [0.1, 0.15) is 11.0 Å². The number of nitrogens with zero attached hydrogens (tertiary/aromatic N) is 3. The minimum atomic E-state index is -0.989. The average Bonchev–Trinajstić information content (AvgIpc) is 2.74. The van der Waals surface area contributed by atoms with Crippen molar-refractivity contribution in [3.63, 3.8) is 0 Å². The normalized spacial score (nSPS) is 19.6. The first-order valence-electron chi connectivity index (χ1n) is 6.29. The van der Waals surface area contributed by atoms with E-state index in [0.717, 1.165) is 19.5 Å². The van der Waals surface area contributed by atoms with Crippen molar-refractivity contribution < 1.29 is 9.90 Å². The van der Waals surface area contributed by atoms with Gasteiger partial charge in [-0.1, -0.05) is 11.6 Å². The largest absolute Gasteiger partial charge is 0.478 e. The minimum absolute atomic E-state index is 0.168. The first kappa shape index (κ1) is 14.1. The van der Waals surface area contributed by atoms with Gasteiger partial charge >= 0.3 is 5.97 Å². The van der Waals surface area contributed by atoms with E-state index in [0.29, 0.717) is 11.9 Å². The SMILES string of the molecule is CN(CC1CCCN1C)c1cc(C(=O)O)cc(Cl)n1. The number of aromatic carboxylic acids is 1. The van der Waals surface area contributed by atoms with E-state index in [1.165, 1.54) is 12.5 Å². The summed E-state index contributed by atoms with van der Waals surface area (Å²) in [5, 5.41) is 9.24. The molecule has 1 unspecified atom stereocenters.